The molecular formula is C9H15NOS2. The molecule has 2 nitrogen and oxygen atoms in total. The molecule has 0 aliphatic carbocycles. The van der Waals surface area contributed by atoms with E-state index in [-0.39, 0.29) is 6.61 Å². The van der Waals surface area contributed by atoms with Crippen LogP contribution in [-0.2, 0) is 0 Å². The standard InChI is InChI=1S/C9H15NOS2/c1-7-2-4-13-9(7)8(6-10)12-5-3-11/h2,4,8,11H,3,5-6,10H2,1H3. The van der Waals surface area contributed by atoms with Crippen molar-refractivity contribution in [3.8, 4) is 0 Å². The van der Waals surface area contributed by atoms with Gasteiger partial charge in [0.05, 0.1) is 11.9 Å². The number of nitrogens with two attached hydrogens (primary N) is 1. The van der Waals surface area contributed by atoms with Gasteiger partial charge >= 0.3 is 0 Å². The Kier molecular flexibility index (Phi) is 4.80. The summed E-state index contributed by atoms with van der Waals surface area (Å²) in [5.41, 5.74) is 6.99. The number of rotatable bonds is 5. The van der Waals surface area contributed by atoms with Crippen molar-refractivity contribution < 1.29 is 5.11 Å². The first-order valence-electron chi connectivity index (χ1n) is 4.26. The first-order valence-corrected chi connectivity index (χ1v) is 6.19. The van der Waals surface area contributed by atoms with Gasteiger partial charge in [0.1, 0.15) is 0 Å². The number of aryl methyl sites for hydroxylation is 1. The molecular weight excluding hydrogens is 202 g/mol. The van der Waals surface area contributed by atoms with E-state index >= 15 is 0 Å². The predicted molar refractivity (Wildman–Crippen MR) is 60.4 cm³/mol. The zero-order valence-corrected chi connectivity index (χ0v) is 9.33. The van der Waals surface area contributed by atoms with Gasteiger partial charge in [-0.3, -0.25) is 0 Å². The third kappa shape index (κ3) is 2.98. The summed E-state index contributed by atoms with van der Waals surface area (Å²) in [6, 6.07) is 2.11. The van der Waals surface area contributed by atoms with Gasteiger partial charge in [-0.2, -0.15) is 0 Å². The molecule has 0 aromatic carbocycles. The van der Waals surface area contributed by atoms with Crippen molar-refractivity contribution in [2.45, 2.75) is 12.2 Å². The Morgan fingerprint density at radius 1 is 1.69 bits per heavy atom. The Balaban J connectivity index is 2.61. The first-order chi connectivity index (χ1) is 6.29. The van der Waals surface area contributed by atoms with Crippen LogP contribution in [0.1, 0.15) is 15.7 Å². The summed E-state index contributed by atoms with van der Waals surface area (Å²) in [4.78, 5) is 1.35. The van der Waals surface area contributed by atoms with Crippen LogP contribution in [-0.4, -0.2) is 24.0 Å². The van der Waals surface area contributed by atoms with E-state index in [9.17, 15) is 0 Å². The average molecular weight is 217 g/mol. The van der Waals surface area contributed by atoms with Crippen LogP contribution in [0.25, 0.3) is 0 Å². The van der Waals surface area contributed by atoms with Crippen molar-refractivity contribution in [1.29, 1.82) is 0 Å². The van der Waals surface area contributed by atoms with Gasteiger partial charge in [-0.05, 0) is 23.9 Å². The van der Waals surface area contributed by atoms with Crippen molar-refractivity contribution in [3.05, 3.63) is 21.9 Å². The van der Waals surface area contributed by atoms with E-state index in [0.717, 1.165) is 5.75 Å². The maximum absolute atomic E-state index is 8.72. The largest absolute Gasteiger partial charge is 0.396 e. The van der Waals surface area contributed by atoms with Crippen molar-refractivity contribution in [3.63, 3.8) is 0 Å². The van der Waals surface area contributed by atoms with Crippen LogP contribution in [0.4, 0.5) is 0 Å². The molecule has 0 aliphatic heterocycles. The van der Waals surface area contributed by atoms with E-state index in [1.54, 1.807) is 23.1 Å². The maximum atomic E-state index is 8.72. The zero-order chi connectivity index (χ0) is 9.68. The summed E-state index contributed by atoms with van der Waals surface area (Å²) in [5.74, 6) is 0.763. The van der Waals surface area contributed by atoms with Gasteiger partial charge in [0.15, 0.2) is 0 Å². The van der Waals surface area contributed by atoms with Crippen LogP contribution >= 0.6 is 23.1 Å². The van der Waals surface area contributed by atoms with Gasteiger partial charge in [-0.25, -0.2) is 0 Å². The summed E-state index contributed by atoms with van der Waals surface area (Å²) in [7, 11) is 0. The highest BCUT2D eigenvalue weighted by Gasteiger charge is 2.13. The Morgan fingerprint density at radius 2 is 2.46 bits per heavy atom. The van der Waals surface area contributed by atoms with Gasteiger partial charge < -0.3 is 10.8 Å². The first kappa shape index (κ1) is 11.0. The van der Waals surface area contributed by atoms with Gasteiger partial charge in [-0.15, -0.1) is 23.1 Å². The molecule has 0 fully saturated rings. The minimum Gasteiger partial charge on any atom is -0.396 e. The summed E-state index contributed by atoms with van der Waals surface area (Å²) < 4.78 is 0. The highest BCUT2D eigenvalue weighted by atomic mass is 32.2. The number of thiophene rings is 1. The zero-order valence-electron chi connectivity index (χ0n) is 7.69. The van der Waals surface area contributed by atoms with Crippen LogP contribution in [0.5, 0.6) is 0 Å². The van der Waals surface area contributed by atoms with Gasteiger partial charge in [0.2, 0.25) is 0 Å². The van der Waals surface area contributed by atoms with Gasteiger partial charge in [-0.1, -0.05) is 0 Å². The Hall–Kier alpha value is -0.0300. The lowest BCUT2D eigenvalue weighted by atomic mass is 10.2. The Morgan fingerprint density at radius 3 is 2.92 bits per heavy atom. The predicted octanol–water partition coefficient (Wildman–Crippen LogP) is 1.78. The number of hydrogen-bond acceptors (Lipinski definition) is 4. The Bertz CT molecular complexity index is 250. The molecule has 1 aromatic rings. The second-order valence-corrected chi connectivity index (χ2v) is 5.04. The molecule has 1 atom stereocenters. The van der Waals surface area contributed by atoms with Crippen LogP contribution in [0, 0.1) is 6.92 Å². The van der Waals surface area contributed by atoms with Gasteiger partial charge in [0.25, 0.3) is 0 Å². The summed E-state index contributed by atoms with van der Waals surface area (Å²) in [5, 5.41) is 11.2. The molecule has 1 heterocycles. The van der Waals surface area contributed by atoms with Crippen molar-refractivity contribution in [2.24, 2.45) is 5.73 Å². The summed E-state index contributed by atoms with van der Waals surface area (Å²) in [6.07, 6.45) is 0. The van der Waals surface area contributed by atoms with Crippen LogP contribution in [0.2, 0.25) is 0 Å². The quantitative estimate of drug-likeness (QED) is 0.790. The molecule has 0 spiro atoms. The van der Waals surface area contributed by atoms with Crippen LogP contribution in [0.15, 0.2) is 11.4 Å². The number of hydrogen-bond donors (Lipinski definition) is 2. The Labute approximate surface area is 87.2 Å². The minimum atomic E-state index is 0.228. The minimum absolute atomic E-state index is 0.228. The van der Waals surface area contributed by atoms with Crippen molar-refractivity contribution in [1.82, 2.24) is 0 Å². The molecule has 13 heavy (non-hydrogen) atoms. The molecule has 0 saturated heterocycles. The van der Waals surface area contributed by atoms with Crippen molar-refractivity contribution in [2.75, 3.05) is 18.9 Å². The fourth-order valence-corrected chi connectivity index (χ4v) is 3.31. The molecule has 0 aliphatic rings. The smallest absolute Gasteiger partial charge is 0.0521 e. The molecule has 1 rings (SSSR count). The monoisotopic (exact) mass is 217 g/mol. The number of thioether (sulfide) groups is 1. The van der Waals surface area contributed by atoms with E-state index in [4.69, 9.17) is 10.8 Å². The second-order valence-electron chi connectivity index (χ2n) is 2.79. The van der Waals surface area contributed by atoms with E-state index in [1.165, 1.54) is 10.4 Å². The molecule has 0 saturated carbocycles. The lowest BCUT2D eigenvalue weighted by Crippen LogP contribution is -2.10. The van der Waals surface area contributed by atoms with Crippen LogP contribution < -0.4 is 5.73 Å². The molecule has 0 amide bonds. The molecule has 74 valence electrons. The maximum Gasteiger partial charge on any atom is 0.0521 e. The molecule has 3 N–H and O–H groups in total. The van der Waals surface area contributed by atoms with Crippen molar-refractivity contribution >= 4 is 23.1 Å². The second kappa shape index (κ2) is 5.65. The molecule has 1 unspecified atom stereocenters. The third-order valence-corrected chi connectivity index (χ3v) is 4.35. The number of aliphatic hydroxyl groups is 1. The van der Waals surface area contributed by atoms with Gasteiger partial charge in [0, 0.05) is 17.2 Å². The number of aliphatic hydroxyl groups excluding tert-OH is 1. The highest BCUT2D eigenvalue weighted by molar-refractivity contribution is 7.99. The average Bonchev–Trinajstić information content (AvgIpc) is 2.54. The fraction of sp³-hybridized carbons (Fsp3) is 0.556. The molecule has 4 heteroatoms. The normalized spacial score (nSPS) is 13.2. The molecule has 1 aromatic heterocycles. The summed E-state index contributed by atoms with van der Waals surface area (Å²) >= 11 is 3.48. The highest BCUT2D eigenvalue weighted by Crippen LogP contribution is 2.33. The van der Waals surface area contributed by atoms with E-state index in [0.29, 0.717) is 11.8 Å². The third-order valence-electron chi connectivity index (χ3n) is 1.82. The van der Waals surface area contributed by atoms with E-state index < -0.39 is 0 Å². The summed E-state index contributed by atoms with van der Waals surface area (Å²) in [6.45, 7) is 2.98. The topological polar surface area (TPSA) is 46.2 Å². The van der Waals surface area contributed by atoms with Crippen LogP contribution in [0.3, 0.4) is 0 Å². The lowest BCUT2D eigenvalue weighted by Gasteiger charge is -2.12. The van der Waals surface area contributed by atoms with E-state index in [2.05, 4.69) is 18.4 Å². The van der Waals surface area contributed by atoms with E-state index in [1.807, 2.05) is 0 Å². The SMILES string of the molecule is Cc1ccsc1C(CN)SCCO. The molecule has 0 bridgehead atoms. The lowest BCUT2D eigenvalue weighted by molar-refractivity contribution is 0.322. The fourth-order valence-electron chi connectivity index (χ4n) is 1.16. The molecule has 0 radical (unpaired) electrons.